The molecule has 0 aliphatic heterocycles. The fourth-order valence-electron chi connectivity index (χ4n) is 3.71. The lowest BCUT2D eigenvalue weighted by atomic mass is 9.97. The van der Waals surface area contributed by atoms with Gasteiger partial charge in [-0.15, -0.1) is 0 Å². The monoisotopic (exact) mass is 472 g/mol. The zero-order valence-corrected chi connectivity index (χ0v) is 18.9. The number of amides is 2. The molecular weight excluding hydrogens is 450 g/mol. The first-order valence-corrected chi connectivity index (χ1v) is 10.9. The molecule has 1 atom stereocenters. The van der Waals surface area contributed by atoms with Crippen molar-refractivity contribution in [2.75, 3.05) is 5.32 Å². The molecule has 3 aromatic carbocycles. The molecule has 0 radical (unpaired) electrons. The van der Waals surface area contributed by atoms with Crippen LogP contribution < -0.4 is 5.32 Å². The van der Waals surface area contributed by atoms with Gasteiger partial charge in [0, 0.05) is 24.6 Å². The summed E-state index contributed by atoms with van der Waals surface area (Å²) >= 11 is 0. The van der Waals surface area contributed by atoms with Crippen LogP contribution in [-0.4, -0.2) is 26.7 Å². The van der Waals surface area contributed by atoms with Gasteiger partial charge in [-0.25, -0.2) is 13.8 Å². The molecule has 0 aliphatic rings. The number of aryl methyl sites for hydroxylation is 1. The maximum Gasteiger partial charge on any atom is 0.275 e. The van der Waals surface area contributed by atoms with E-state index in [1.807, 2.05) is 19.1 Å². The molecule has 4 aromatic rings. The molecule has 4 rings (SSSR count). The van der Waals surface area contributed by atoms with Crippen LogP contribution in [0.1, 0.15) is 33.2 Å². The van der Waals surface area contributed by atoms with E-state index in [1.54, 1.807) is 24.3 Å². The van der Waals surface area contributed by atoms with E-state index >= 15 is 0 Å². The Bertz CT molecular complexity index is 1310. The highest BCUT2D eigenvalue weighted by Crippen LogP contribution is 2.29. The van der Waals surface area contributed by atoms with Crippen molar-refractivity contribution in [3.8, 4) is 0 Å². The lowest BCUT2D eigenvalue weighted by Gasteiger charge is -2.32. The van der Waals surface area contributed by atoms with Gasteiger partial charge in [0.2, 0.25) is 0 Å². The summed E-state index contributed by atoms with van der Waals surface area (Å²) in [6.45, 7) is 1.85. The van der Waals surface area contributed by atoms with E-state index in [-0.39, 0.29) is 12.2 Å². The van der Waals surface area contributed by atoms with Gasteiger partial charge in [0.25, 0.3) is 11.8 Å². The third-order valence-electron chi connectivity index (χ3n) is 5.46. The molecule has 35 heavy (non-hydrogen) atoms. The maximum atomic E-state index is 13.7. The highest BCUT2D eigenvalue weighted by Gasteiger charge is 2.34. The molecular formula is C27H22F2N4O2. The average Bonchev–Trinajstić information content (AvgIpc) is 2.87. The van der Waals surface area contributed by atoms with Crippen molar-refractivity contribution in [3.63, 3.8) is 0 Å². The number of rotatable bonds is 7. The third kappa shape index (κ3) is 5.73. The van der Waals surface area contributed by atoms with Crippen molar-refractivity contribution < 1.29 is 18.4 Å². The standard InChI is InChI=1S/C27H22F2N4O2/c1-18-4-2-3-5-23(18)25(26(34)32-22-12-10-21(29)11-13-22)33(17-19-6-8-20(28)9-7-19)27(35)24-16-30-14-15-31-24/h2-16,25H,17H2,1H3,(H,32,34)/t25-/m0/s1. The van der Waals surface area contributed by atoms with Crippen LogP contribution in [0, 0.1) is 18.6 Å². The number of hydrogen-bond donors (Lipinski definition) is 1. The minimum absolute atomic E-state index is 0.00548. The number of benzene rings is 3. The third-order valence-corrected chi connectivity index (χ3v) is 5.46. The maximum absolute atomic E-state index is 13.7. The van der Waals surface area contributed by atoms with Crippen LogP contribution in [0.2, 0.25) is 0 Å². The fraction of sp³-hybridized carbons (Fsp3) is 0.111. The largest absolute Gasteiger partial charge is 0.324 e. The normalized spacial score (nSPS) is 11.5. The van der Waals surface area contributed by atoms with Crippen molar-refractivity contribution in [1.29, 1.82) is 0 Å². The van der Waals surface area contributed by atoms with E-state index in [0.29, 0.717) is 16.8 Å². The van der Waals surface area contributed by atoms with Gasteiger partial charge >= 0.3 is 0 Å². The summed E-state index contributed by atoms with van der Waals surface area (Å²) in [4.78, 5) is 36.8. The van der Waals surface area contributed by atoms with E-state index in [4.69, 9.17) is 0 Å². The SMILES string of the molecule is Cc1ccccc1[C@@H](C(=O)Nc1ccc(F)cc1)N(Cc1ccc(F)cc1)C(=O)c1cnccn1. The van der Waals surface area contributed by atoms with Gasteiger partial charge in [-0.3, -0.25) is 14.6 Å². The van der Waals surface area contributed by atoms with Gasteiger partial charge in [0.05, 0.1) is 6.20 Å². The van der Waals surface area contributed by atoms with Crippen LogP contribution in [0.3, 0.4) is 0 Å². The highest BCUT2D eigenvalue weighted by molar-refractivity contribution is 6.01. The van der Waals surface area contributed by atoms with Crippen molar-refractivity contribution in [1.82, 2.24) is 14.9 Å². The Balaban J connectivity index is 1.79. The predicted octanol–water partition coefficient (Wildman–Crippen LogP) is 5.09. The highest BCUT2D eigenvalue weighted by atomic mass is 19.1. The van der Waals surface area contributed by atoms with Gasteiger partial charge in [0.1, 0.15) is 23.4 Å². The van der Waals surface area contributed by atoms with Crippen LogP contribution in [0.5, 0.6) is 0 Å². The zero-order valence-electron chi connectivity index (χ0n) is 18.9. The Hall–Kier alpha value is -4.46. The van der Waals surface area contributed by atoms with Crippen molar-refractivity contribution in [2.45, 2.75) is 19.5 Å². The van der Waals surface area contributed by atoms with E-state index in [2.05, 4.69) is 15.3 Å². The molecule has 2 amide bonds. The van der Waals surface area contributed by atoms with Crippen molar-refractivity contribution in [3.05, 3.63) is 125 Å². The summed E-state index contributed by atoms with van der Waals surface area (Å²) in [6, 6.07) is 17.2. The molecule has 1 aromatic heterocycles. The number of aromatic nitrogens is 2. The van der Waals surface area contributed by atoms with Gasteiger partial charge < -0.3 is 10.2 Å². The van der Waals surface area contributed by atoms with Crippen LogP contribution in [-0.2, 0) is 11.3 Å². The lowest BCUT2D eigenvalue weighted by Crippen LogP contribution is -2.41. The summed E-state index contributed by atoms with van der Waals surface area (Å²) < 4.78 is 26.9. The summed E-state index contributed by atoms with van der Waals surface area (Å²) in [5.41, 5.74) is 2.46. The molecule has 0 aliphatic carbocycles. The number of nitrogens with zero attached hydrogens (tertiary/aromatic N) is 3. The van der Waals surface area contributed by atoms with Gasteiger partial charge in [-0.2, -0.15) is 0 Å². The Morgan fingerprint density at radius 1 is 0.914 bits per heavy atom. The van der Waals surface area contributed by atoms with Crippen LogP contribution in [0.15, 0.2) is 91.4 Å². The number of carbonyl (C=O) groups is 2. The number of nitrogens with one attached hydrogen (secondary N) is 1. The smallest absolute Gasteiger partial charge is 0.275 e. The molecule has 0 fully saturated rings. The van der Waals surface area contributed by atoms with Crippen LogP contribution >= 0.6 is 0 Å². The average molecular weight is 472 g/mol. The molecule has 0 bridgehead atoms. The zero-order chi connectivity index (χ0) is 24.8. The Morgan fingerprint density at radius 2 is 1.57 bits per heavy atom. The predicted molar refractivity (Wildman–Crippen MR) is 127 cm³/mol. The molecule has 0 saturated heterocycles. The second-order valence-corrected chi connectivity index (χ2v) is 7.91. The number of carbonyl (C=O) groups excluding carboxylic acids is 2. The number of halogens is 2. The second kappa shape index (κ2) is 10.6. The minimum atomic E-state index is -1.07. The first-order valence-electron chi connectivity index (χ1n) is 10.9. The topological polar surface area (TPSA) is 75.2 Å². The molecule has 0 unspecified atom stereocenters. The first-order chi connectivity index (χ1) is 16.9. The molecule has 1 N–H and O–H groups in total. The van der Waals surface area contributed by atoms with Crippen LogP contribution in [0.4, 0.5) is 14.5 Å². The van der Waals surface area contributed by atoms with Crippen molar-refractivity contribution >= 4 is 17.5 Å². The van der Waals surface area contributed by atoms with E-state index in [0.717, 1.165) is 5.56 Å². The minimum Gasteiger partial charge on any atom is -0.324 e. The Labute approximate surface area is 201 Å². The van der Waals surface area contributed by atoms with Crippen LogP contribution in [0.25, 0.3) is 0 Å². The summed E-state index contributed by atoms with van der Waals surface area (Å²) in [6.07, 6.45) is 4.17. The van der Waals surface area contributed by atoms with Gasteiger partial charge in [0.15, 0.2) is 0 Å². The first kappa shape index (κ1) is 23.7. The second-order valence-electron chi connectivity index (χ2n) is 7.91. The number of hydrogen-bond acceptors (Lipinski definition) is 4. The van der Waals surface area contributed by atoms with E-state index in [9.17, 15) is 18.4 Å². The molecule has 8 heteroatoms. The van der Waals surface area contributed by atoms with Gasteiger partial charge in [-0.05, 0) is 60.0 Å². The molecule has 0 spiro atoms. The Morgan fingerprint density at radius 3 is 2.20 bits per heavy atom. The molecule has 176 valence electrons. The van der Waals surface area contributed by atoms with E-state index in [1.165, 1.54) is 59.9 Å². The Kier molecular flexibility index (Phi) is 7.21. The quantitative estimate of drug-likeness (QED) is 0.407. The van der Waals surface area contributed by atoms with Gasteiger partial charge in [-0.1, -0.05) is 36.4 Å². The summed E-state index contributed by atoms with van der Waals surface area (Å²) in [5.74, 6) is -1.87. The fourth-order valence-corrected chi connectivity index (χ4v) is 3.71. The molecule has 0 saturated carbocycles. The molecule has 1 heterocycles. The summed E-state index contributed by atoms with van der Waals surface area (Å²) in [5, 5.41) is 2.78. The summed E-state index contributed by atoms with van der Waals surface area (Å²) in [7, 11) is 0. The molecule has 6 nitrogen and oxygen atoms in total. The van der Waals surface area contributed by atoms with Crippen molar-refractivity contribution in [2.24, 2.45) is 0 Å². The van der Waals surface area contributed by atoms with E-state index < -0.39 is 29.5 Å². The number of anilines is 1. The lowest BCUT2D eigenvalue weighted by molar-refractivity contribution is -0.121.